The largest absolute Gasteiger partial charge is 0.457 e. The van der Waals surface area contributed by atoms with Gasteiger partial charge in [0.25, 0.3) is 0 Å². The van der Waals surface area contributed by atoms with Crippen molar-refractivity contribution in [1.29, 1.82) is 0 Å². The normalized spacial score (nSPS) is 10.4. The topological polar surface area (TPSA) is 35.2 Å². The minimum atomic E-state index is -0.267. The molecule has 0 fully saturated rings. The fraction of sp³-hybridized carbons (Fsp3) is 0.200. The van der Waals surface area contributed by atoms with Gasteiger partial charge in [0.15, 0.2) is 0 Å². The molecule has 2 aromatic rings. The Morgan fingerprint density at radius 3 is 2.33 bits per heavy atom. The van der Waals surface area contributed by atoms with E-state index < -0.39 is 0 Å². The van der Waals surface area contributed by atoms with E-state index in [1.54, 1.807) is 12.1 Å². The highest BCUT2D eigenvalue weighted by atomic mass is 19.1. The van der Waals surface area contributed by atoms with Gasteiger partial charge in [-0.25, -0.2) is 4.39 Å². The van der Waals surface area contributed by atoms with E-state index >= 15 is 0 Å². The monoisotopic (exact) mass is 245 g/mol. The molecule has 0 bridgehead atoms. The molecule has 0 radical (unpaired) electrons. The van der Waals surface area contributed by atoms with Crippen LogP contribution in [-0.2, 0) is 6.42 Å². The van der Waals surface area contributed by atoms with Gasteiger partial charge in [0.1, 0.15) is 17.3 Å². The number of rotatable bonds is 4. The summed E-state index contributed by atoms with van der Waals surface area (Å²) in [5.41, 5.74) is 7.92. The summed E-state index contributed by atoms with van der Waals surface area (Å²) in [5.74, 6) is 1.11. The zero-order chi connectivity index (χ0) is 13.0. The summed E-state index contributed by atoms with van der Waals surface area (Å²) in [4.78, 5) is 0. The molecule has 2 aromatic carbocycles. The van der Waals surface area contributed by atoms with Gasteiger partial charge in [-0.1, -0.05) is 6.07 Å². The Labute approximate surface area is 106 Å². The molecule has 18 heavy (non-hydrogen) atoms. The van der Waals surface area contributed by atoms with Crippen LogP contribution in [0.5, 0.6) is 11.5 Å². The summed E-state index contributed by atoms with van der Waals surface area (Å²) in [5, 5.41) is 0. The van der Waals surface area contributed by atoms with Crippen LogP contribution in [0.1, 0.15) is 11.1 Å². The molecule has 0 saturated carbocycles. The van der Waals surface area contributed by atoms with Crippen molar-refractivity contribution in [3.8, 4) is 11.5 Å². The highest BCUT2D eigenvalue weighted by Gasteiger charge is 2.02. The Morgan fingerprint density at radius 2 is 1.72 bits per heavy atom. The molecule has 0 aliphatic carbocycles. The average Bonchev–Trinajstić information content (AvgIpc) is 2.36. The van der Waals surface area contributed by atoms with Crippen LogP contribution in [0.4, 0.5) is 4.39 Å². The van der Waals surface area contributed by atoms with E-state index in [2.05, 4.69) is 0 Å². The van der Waals surface area contributed by atoms with Crippen LogP contribution < -0.4 is 10.5 Å². The zero-order valence-electron chi connectivity index (χ0n) is 10.3. The minimum Gasteiger partial charge on any atom is -0.457 e. The molecular weight excluding hydrogens is 229 g/mol. The third kappa shape index (κ3) is 3.08. The van der Waals surface area contributed by atoms with Crippen molar-refractivity contribution < 1.29 is 9.13 Å². The van der Waals surface area contributed by atoms with Gasteiger partial charge in [0.05, 0.1) is 0 Å². The third-order valence-electron chi connectivity index (χ3n) is 2.78. The fourth-order valence-electron chi connectivity index (χ4n) is 1.81. The lowest BCUT2D eigenvalue weighted by Crippen LogP contribution is -2.04. The third-order valence-corrected chi connectivity index (χ3v) is 2.78. The predicted molar refractivity (Wildman–Crippen MR) is 70.4 cm³/mol. The summed E-state index contributed by atoms with van der Waals surface area (Å²) in [6.45, 7) is 2.67. The van der Waals surface area contributed by atoms with Crippen molar-refractivity contribution in [2.45, 2.75) is 13.3 Å². The summed E-state index contributed by atoms with van der Waals surface area (Å²) in [6, 6.07) is 11.9. The van der Waals surface area contributed by atoms with Crippen LogP contribution in [0.15, 0.2) is 42.5 Å². The zero-order valence-corrected chi connectivity index (χ0v) is 10.3. The van der Waals surface area contributed by atoms with E-state index in [0.29, 0.717) is 12.3 Å². The highest BCUT2D eigenvalue weighted by Crippen LogP contribution is 2.24. The fourth-order valence-corrected chi connectivity index (χ4v) is 1.81. The van der Waals surface area contributed by atoms with Crippen LogP contribution in [0.25, 0.3) is 0 Å². The van der Waals surface area contributed by atoms with Gasteiger partial charge in [-0.05, 0) is 67.4 Å². The first-order chi connectivity index (χ1) is 8.69. The van der Waals surface area contributed by atoms with E-state index in [4.69, 9.17) is 10.5 Å². The maximum Gasteiger partial charge on any atom is 0.127 e. The molecule has 2 N–H and O–H groups in total. The smallest absolute Gasteiger partial charge is 0.127 e. The van der Waals surface area contributed by atoms with E-state index in [1.807, 2.05) is 25.1 Å². The van der Waals surface area contributed by atoms with Crippen molar-refractivity contribution >= 4 is 0 Å². The lowest BCUT2D eigenvalue weighted by Gasteiger charge is -2.09. The second kappa shape index (κ2) is 5.65. The van der Waals surface area contributed by atoms with E-state index in [0.717, 1.165) is 17.7 Å². The maximum absolute atomic E-state index is 12.8. The van der Waals surface area contributed by atoms with Gasteiger partial charge >= 0.3 is 0 Å². The molecular formula is C15H16FNO. The van der Waals surface area contributed by atoms with Crippen molar-refractivity contribution in [1.82, 2.24) is 0 Å². The van der Waals surface area contributed by atoms with Crippen molar-refractivity contribution in [3.05, 3.63) is 59.4 Å². The molecule has 3 heteroatoms. The first-order valence-corrected chi connectivity index (χ1v) is 5.92. The van der Waals surface area contributed by atoms with Gasteiger partial charge in [0, 0.05) is 0 Å². The van der Waals surface area contributed by atoms with Crippen LogP contribution >= 0.6 is 0 Å². The number of aryl methyl sites for hydroxylation is 1. The number of nitrogens with two attached hydrogens (primary N) is 1. The lowest BCUT2D eigenvalue weighted by atomic mass is 10.1. The molecule has 2 nitrogen and oxygen atoms in total. The number of ether oxygens (including phenoxy) is 1. The van der Waals surface area contributed by atoms with Crippen LogP contribution in [0, 0.1) is 12.7 Å². The van der Waals surface area contributed by atoms with Gasteiger partial charge in [0.2, 0.25) is 0 Å². The summed E-state index contributed by atoms with van der Waals surface area (Å²) in [6.07, 6.45) is 0.864. The van der Waals surface area contributed by atoms with Crippen LogP contribution in [0.3, 0.4) is 0 Å². The first-order valence-electron chi connectivity index (χ1n) is 5.92. The van der Waals surface area contributed by atoms with Crippen LogP contribution in [-0.4, -0.2) is 6.54 Å². The Morgan fingerprint density at radius 1 is 1.06 bits per heavy atom. The Bertz CT molecular complexity index is 523. The minimum absolute atomic E-state index is 0.267. The average molecular weight is 245 g/mol. The molecule has 0 aliphatic rings. The van der Waals surface area contributed by atoms with Gasteiger partial charge in [-0.3, -0.25) is 0 Å². The number of hydrogen-bond donors (Lipinski definition) is 1. The van der Waals surface area contributed by atoms with Gasteiger partial charge < -0.3 is 10.5 Å². The SMILES string of the molecule is Cc1cc(Oc2ccc(F)cc2)ccc1CCN. The molecule has 0 aromatic heterocycles. The highest BCUT2D eigenvalue weighted by molar-refractivity contribution is 5.38. The molecule has 0 heterocycles. The first kappa shape index (κ1) is 12.6. The van der Waals surface area contributed by atoms with Crippen molar-refractivity contribution in [2.24, 2.45) is 5.73 Å². The second-order valence-electron chi connectivity index (χ2n) is 4.18. The van der Waals surface area contributed by atoms with Gasteiger partial charge in [-0.15, -0.1) is 0 Å². The standard InChI is InChI=1S/C15H16FNO/c1-11-10-15(5-2-12(11)8-9-17)18-14-6-3-13(16)4-7-14/h2-7,10H,8-9,17H2,1H3. The van der Waals surface area contributed by atoms with E-state index in [9.17, 15) is 4.39 Å². The van der Waals surface area contributed by atoms with Crippen molar-refractivity contribution in [3.63, 3.8) is 0 Å². The predicted octanol–water partition coefficient (Wildman–Crippen LogP) is 3.43. The Kier molecular flexibility index (Phi) is 3.95. The van der Waals surface area contributed by atoms with Gasteiger partial charge in [-0.2, -0.15) is 0 Å². The summed E-state index contributed by atoms with van der Waals surface area (Å²) in [7, 11) is 0. The number of benzene rings is 2. The molecule has 0 aliphatic heterocycles. The van der Waals surface area contributed by atoms with Crippen LogP contribution in [0.2, 0.25) is 0 Å². The summed E-state index contributed by atoms with van der Waals surface area (Å²) >= 11 is 0. The Balaban J connectivity index is 2.14. The molecule has 0 atom stereocenters. The Hall–Kier alpha value is -1.87. The molecule has 0 spiro atoms. The van der Waals surface area contributed by atoms with Crippen molar-refractivity contribution in [2.75, 3.05) is 6.54 Å². The molecule has 94 valence electrons. The molecule has 0 amide bonds. The number of halogens is 1. The summed E-state index contributed by atoms with van der Waals surface area (Å²) < 4.78 is 18.4. The quantitative estimate of drug-likeness (QED) is 0.895. The lowest BCUT2D eigenvalue weighted by molar-refractivity contribution is 0.480. The number of hydrogen-bond acceptors (Lipinski definition) is 2. The molecule has 2 rings (SSSR count). The van der Waals surface area contributed by atoms with E-state index in [-0.39, 0.29) is 5.82 Å². The maximum atomic E-state index is 12.8. The van der Waals surface area contributed by atoms with E-state index in [1.165, 1.54) is 17.7 Å². The molecule has 0 unspecified atom stereocenters. The second-order valence-corrected chi connectivity index (χ2v) is 4.18. The molecule has 0 saturated heterocycles.